The fraction of sp³-hybridized carbons (Fsp3) is 0.444. The molecule has 9 heteroatoms. The fourth-order valence-electron chi connectivity index (χ4n) is 2.61. The number of hydrazine groups is 1. The topological polar surface area (TPSA) is 99.8 Å². The number of esters is 1. The molecule has 8 nitrogen and oxygen atoms in total. The molecule has 2 amide bonds. The minimum absolute atomic E-state index is 0.00266. The van der Waals surface area contributed by atoms with E-state index < -0.39 is 0 Å². The molecule has 0 radical (unpaired) electrons. The number of likely N-dealkylation sites (tertiary alicyclic amines) is 1. The highest BCUT2D eigenvalue weighted by Gasteiger charge is 2.19. The molecule has 0 aliphatic carbocycles. The average Bonchev–Trinajstić information content (AvgIpc) is 2.85. The van der Waals surface area contributed by atoms with E-state index in [1.54, 1.807) is 36.1 Å². The number of amides is 2. The van der Waals surface area contributed by atoms with Crippen molar-refractivity contribution in [2.24, 2.45) is 0 Å². The molecule has 1 fully saturated rings. The second-order valence-corrected chi connectivity index (χ2v) is 6.46. The number of thiocarbonyl (C=S) groups is 1. The first-order valence-corrected chi connectivity index (χ1v) is 9.31. The highest BCUT2D eigenvalue weighted by atomic mass is 32.1. The van der Waals surface area contributed by atoms with Gasteiger partial charge in [-0.3, -0.25) is 20.4 Å². The molecule has 1 saturated heterocycles. The van der Waals surface area contributed by atoms with Gasteiger partial charge < -0.3 is 15.0 Å². The molecule has 0 spiro atoms. The van der Waals surface area contributed by atoms with Gasteiger partial charge in [0.15, 0.2) is 5.11 Å². The van der Waals surface area contributed by atoms with Gasteiger partial charge in [-0.2, -0.15) is 0 Å². The SMILES string of the molecule is CCOC(=O)c1ccc(NC(=S)NNC(=O)CN2CCCCCC2=O)cc1. The van der Waals surface area contributed by atoms with Crippen LogP contribution in [0.3, 0.4) is 0 Å². The van der Waals surface area contributed by atoms with E-state index >= 15 is 0 Å². The predicted octanol–water partition coefficient (Wildman–Crippen LogP) is 1.58. The highest BCUT2D eigenvalue weighted by Crippen LogP contribution is 2.11. The van der Waals surface area contributed by atoms with E-state index in [1.807, 2.05) is 0 Å². The van der Waals surface area contributed by atoms with Gasteiger partial charge in [-0.15, -0.1) is 0 Å². The van der Waals surface area contributed by atoms with Crippen LogP contribution in [0.4, 0.5) is 5.69 Å². The van der Waals surface area contributed by atoms with Crippen LogP contribution in [0.25, 0.3) is 0 Å². The number of carbonyl (C=O) groups is 3. The van der Waals surface area contributed by atoms with Crippen molar-refractivity contribution in [3.63, 3.8) is 0 Å². The number of hydrogen-bond donors (Lipinski definition) is 3. The molecule has 0 atom stereocenters. The van der Waals surface area contributed by atoms with Crippen LogP contribution < -0.4 is 16.2 Å². The summed E-state index contributed by atoms with van der Waals surface area (Å²) in [6.45, 7) is 2.66. The monoisotopic (exact) mass is 392 g/mol. The minimum Gasteiger partial charge on any atom is -0.462 e. The summed E-state index contributed by atoms with van der Waals surface area (Å²) in [5.41, 5.74) is 6.17. The molecule has 0 saturated carbocycles. The zero-order valence-electron chi connectivity index (χ0n) is 15.2. The summed E-state index contributed by atoms with van der Waals surface area (Å²) in [6, 6.07) is 6.59. The molecule has 146 valence electrons. The van der Waals surface area contributed by atoms with E-state index in [1.165, 1.54) is 0 Å². The molecular weight excluding hydrogens is 368 g/mol. The second-order valence-electron chi connectivity index (χ2n) is 6.05. The quantitative estimate of drug-likeness (QED) is 0.397. The molecule has 1 aliphatic heterocycles. The van der Waals surface area contributed by atoms with Crippen LogP contribution in [0.1, 0.15) is 43.0 Å². The van der Waals surface area contributed by atoms with Crippen molar-refractivity contribution in [2.45, 2.75) is 32.6 Å². The van der Waals surface area contributed by atoms with Crippen LogP contribution in [0.5, 0.6) is 0 Å². The Balaban J connectivity index is 1.76. The van der Waals surface area contributed by atoms with Crippen LogP contribution in [0.2, 0.25) is 0 Å². The lowest BCUT2D eigenvalue weighted by molar-refractivity contribution is -0.135. The van der Waals surface area contributed by atoms with Gasteiger partial charge in [-0.05, 0) is 56.2 Å². The molecule has 0 unspecified atom stereocenters. The Bertz CT molecular complexity index is 693. The summed E-state index contributed by atoms with van der Waals surface area (Å²) in [6.07, 6.45) is 3.28. The molecule has 27 heavy (non-hydrogen) atoms. The number of nitrogens with one attached hydrogen (secondary N) is 3. The first-order valence-electron chi connectivity index (χ1n) is 8.90. The Morgan fingerprint density at radius 1 is 1.15 bits per heavy atom. The molecule has 1 aliphatic rings. The number of nitrogens with zero attached hydrogens (tertiary/aromatic N) is 1. The maximum Gasteiger partial charge on any atom is 0.338 e. The van der Waals surface area contributed by atoms with Crippen molar-refractivity contribution >= 4 is 40.8 Å². The van der Waals surface area contributed by atoms with Gasteiger partial charge in [0.2, 0.25) is 5.91 Å². The highest BCUT2D eigenvalue weighted by molar-refractivity contribution is 7.80. The third-order valence-corrected chi connectivity index (χ3v) is 4.18. The van der Waals surface area contributed by atoms with Crippen molar-refractivity contribution in [3.05, 3.63) is 29.8 Å². The lowest BCUT2D eigenvalue weighted by atomic mass is 10.2. The number of hydrogen-bond acceptors (Lipinski definition) is 5. The molecule has 1 heterocycles. The predicted molar refractivity (Wildman–Crippen MR) is 105 cm³/mol. The van der Waals surface area contributed by atoms with Crippen molar-refractivity contribution in [3.8, 4) is 0 Å². The first kappa shape index (κ1) is 20.6. The summed E-state index contributed by atoms with van der Waals surface area (Å²) in [5.74, 6) is -0.725. The normalized spacial score (nSPS) is 14.1. The van der Waals surface area contributed by atoms with Gasteiger partial charge in [0.05, 0.1) is 12.2 Å². The first-order chi connectivity index (χ1) is 13.0. The van der Waals surface area contributed by atoms with Gasteiger partial charge >= 0.3 is 5.97 Å². The maximum absolute atomic E-state index is 12.0. The molecule has 0 aromatic heterocycles. The van der Waals surface area contributed by atoms with E-state index in [2.05, 4.69) is 16.2 Å². The lowest BCUT2D eigenvalue weighted by Crippen LogP contribution is -2.48. The molecule has 1 aromatic rings. The second kappa shape index (κ2) is 10.5. The number of benzene rings is 1. The Kier molecular flexibility index (Phi) is 8.00. The van der Waals surface area contributed by atoms with Crippen molar-refractivity contribution < 1.29 is 19.1 Å². The molecule has 1 aromatic carbocycles. The van der Waals surface area contributed by atoms with E-state index in [0.29, 0.717) is 30.8 Å². The summed E-state index contributed by atoms with van der Waals surface area (Å²) in [7, 11) is 0. The Morgan fingerprint density at radius 3 is 2.59 bits per heavy atom. The van der Waals surface area contributed by atoms with Gasteiger partial charge in [-0.25, -0.2) is 4.79 Å². The zero-order chi connectivity index (χ0) is 19.6. The lowest BCUT2D eigenvalue weighted by Gasteiger charge is -2.20. The third-order valence-electron chi connectivity index (χ3n) is 3.98. The molecular formula is C18H24N4O4S. The summed E-state index contributed by atoms with van der Waals surface area (Å²) < 4.78 is 4.92. The van der Waals surface area contributed by atoms with E-state index in [4.69, 9.17) is 17.0 Å². The molecule has 0 bridgehead atoms. The summed E-state index contributed by atoms with van der Waals surface area (Å²) >= 11 is 5.12. The van der Waals surface area contributed by atoms with Crippen molar-refractivity contribution in [1.82, 2.24) is 15.8 Å². The van der Waals surface area contributed by atoms with Crippen molar-refractivity contribution in [1.29, 1.82) is 0 Å². The molecule has 3 N–H and O–H groups in total. The van der Waals surface area contributed by atoms with Gasteiger partial charge in [0.25, 0.3) is 5.91 Å². The number of carbonyl (C=O) groups excluding carboxylic acids is 3. The summed E-state index contributed by atoms with van der Waals surface area (Å²) in [4.78, 5) is 37.1. The van der Waals surface area contributed by atoms with Crippen molar-refractivity contribution in [2.75, 3.05) is 25.0 Å². The number of anilines is 1. The van der Waals surface area contributed by atoms with Gasteiger partial charge in [-0.1, -0.05) is 6.42 Å². The standard InChI is InChI=1S/C18H24N4O4S/c1-2-26-17(25)13-7-9-14(10-8-13)19-18(27)21-20-15(23)12-22-11-5-3-4-6-16(22)24/h7-10H,2-6,11-12H2,1H3,(H,20,23)(H2,19,21,27). The van der Waals surface area contributed by atoms with Crippen LogP contribution in [-0.4, -0.2) is 47.5 Å². The average molecular weight is 392 g/mol. The Hall–Kier alpha value is -2.68. The Labute approximate surface area is 163 Å². The van der Waals surface area contributed by atoms with Crippen LogP contribution in [-0.2, 0) is 14.3 Å². The fourth-order valence-corrected chi connectivity index (χ4v) is 2.78. The maximum atomic E-state index is 12.0. The third kappa shape index (κ3) is 6.86. The number of ether oxygens (including phenoxy) is 1. The van der Waals surface area contributed by atoms with E-state index in [-0.39, 0.29) is 29.4 Å². The summed E-state index contributed by atoms with van der Waals surface area (Å²) in [5, 5.41) is 3.08. The van der Waals surface area contributed by atoms with Crippen LogP contribution >= 0.6 is 12.2 Å². The van der Waals surface area contributed by atoms with Crippen LogP contribution in [0.15, 0.2) is 24.3 Å². The van der Waals surface area contributed by atoms with Gasteiger partial charge in [0, 0.05) is 18.7 Å². The van der Waals surface area contributed by atoms with E-state index in [0.717, 1.165) is 19.3 Å². The minimum atomic E-state index is -0.389. The van der Waals surface area contributed by atoms with Crippen LogP contribution in [0, 0.1) is 0 Å². The Morgan fingerprint density at radius 2 is 1.89 bits per heavy atom. The molecule has 2 rings (SSSR count). The smallest absolute Gasteiger partial charge is 0.338 e. The van der Waals surface area contributed by atoms with E-state index in [9.17, 15) is 14.4 Å². The zero-order valence-corrected chi connectivity index (χ0v) is 16.1. The largest absolute Gasteiger partial charge is 0.462 e. The van der Waals surface area contributed by atoms with Gasteiger partial charge in [0.1, 0.15) is 6.54 Å². The number of rotatable bonds is 5.